The van der Waals surface area contributed by atoms with Gasteiger partial charge in [0.1, 0.15) is 5.75 Å². The van der Waals surface area contributed by atoms with Gasteiger partial charge in [-0.2, -0.15) is 0 Å². The van der Waals surface area contributed by atoms with Gasteiger partial charge >= 0.3 is 0 Å². The highest BCUT2D eigenvalue weighted by Gasteiger charge is 2.13. The topological polar surface area (TPSA) is 59.3 Å². The fourth-order valence-electron chi connectivity index (χ4n) is 1.83. The zero-order valence-electron chi connectivity index (χ0n) is 10.5. The molecule has 0 amide bonds. The first kappa shape index (κ1) is 12.4. The lowest BCUT2D eigenvalue weighted by molar-refractivity contribution is 0.272. The molecule has 0 spiro atoms. The van der Waals surface area contributed by atoms with Crippen LogP contribution in [-0.2, 0) is 7.05 Å². The first-order valence-electron chi connectivity index (χ1n) is 5.72. The van der Waals surface area contributed by atoms with E-state index in [2.05, 4.69) is 10.3 Å². The molecule has 0 aliphatic carbocycles. The normalized spacial score (nSPS) is 12.2. The van der Waals surface area contributed by atoms with E-state index < -0.39 is 0 Å². The number of anilines is 1. The van der Waals surface area contributed by atoms with E-state index in [9.17, 15) is 5.11 Å². The second-order valence-corrected chi connectivity index (χ2v) is 4.04. The van der Waals surface area contributed by atoms with Crippen LogP contribution in [0.4, 0.5) is 5.69 Å². The Labute approximate surface area is 106 Å². The van der Waals surface area contributed by atoms with Crippen molar-refractivity contribution < 1.29 is 9.84 Å². The fourth-order valence-corrected chi connectivity index (χ4v) is 1.83. The van der Waals surface area contributed by atoms with Crippen LogP contribution in [0.5, 0.6) is 5.75 Å². The van der Waals surface area contributed by atoms with Gasteiger partial charge in [-0.3, -0.25) is 0 Å². The number of nitrogens with one attached hydrogen (secondary N) is 1. The molecule has 1 atom stereocenters. The second kappa shape index (κ2) is 5.55. The molecule has 1 aromatic carbocycles. The molecule has 0 aliphatic heterocycles. The van der Waals surface area contributed by atoms with Crippen LogP contribution in [0, 0.1) is 0 Å². The van der Waals surface area contributed by atoms with Gasteiger partial charge in [0.15, 0.2) is 0 Å². The number of ether oxygens (including phenoxy) is 1. The first-order valence-corrected chi connectivity index (χ1v) is 5.72. The second-order valence-electron chi connectivity index (χ2n) is 4.04. The number of aryl methyl sites for hydroxylation is 1. The third-order valence-electron chi connectivity index (χ3n) is 2.80. The summed E-state index contributed by atoms with van der Waals surface area (Å²) in [6, 6.07) is 7.41. The summed E-state index contributed by atoms with van der Waals surface area (Å²) in [7, 11) is 3.53. The Bertz CT molecular complexity index is 510. The molecule has 0 radical (unpaired) electrons. The molecule has 2 rings (SSSR count). The van der Waals surface area contributed by atoms with Crippen molar-refractivity contribution in [3.63, 3.8) is 0 Å². The molecule has 1 aromatic heterocycles. The SMILES string of the molecule is COc1cccc(NC(CO)c2cncn2C)c1. The predicted octanol–water partition coefficient (Wildman–Crippen LogP) is 1.57. The van der Waals surface area contributed by atoms with Gasteiger partial charge < -0.3 is 19.7 Å². The number of aromatic nitrogens is 2. The molecule has 0 saturated carbocycles. The Kier molecular flexibility index (Phi) is 3.84. The summed E-state index contributed by atoms with van der Waals surface area (Å²) in [5.41, 5.74) is 1.83. The van der Waals surface area contributed by atoms with Crippen molar-refractivity contribution in [1.29, 1.82) is 0 Å². The molecule has 1 heterocycles. The quantitative estimate of drug-likeness (QED) is 0.842. The van der Waals surface area contributed by atoms with Crippen LogP contribution >= 0.6 is 0 Å². The smallest absolute Gasteiger partial charge is 0.120 e. The van der Waals surface area contributed by atoms with Gasteiger partial charge in [-0.05, 0) is 12.1 Å². The summed E-state index contributed by atoms with van der Waals surface area (Å²) in [4.78, 5) is 4.05. The molecule has 0 saturated heterocycles. The summed E-state index contributed by atoms with van der Waals surface area (Å²) in [5.74, 6) is 0.779. The van der Waals surface area contributed by atoms with Crippen LogP contribution in [0.15, 0.2) is 36.8 Å². The molecule has 0 fully saturated rings. The first-order chi connectivity index (χ1) is 8.74. The van der Waals surface area contributed by atoms with Crippen LogP contribution < -0.4 is 10.1 Å². The lowest BCUT2D eigenvalue weighted by Crippen LogP contribution is -2.17. The fraction of sp³-hybridized carbons (Fsp3) is 0.308. The summed E-state index contributed by atoms with van der Waals surface area (Å²) >= 11 is 0. The highest BCUT2D eigenvalue weighted by Crippen LogP contribution is 2.22. The lowest BCUT2D eigenvalue weighted by Gasteiger charge is -2.18. The average Bonchev–Trinajstić information content (AvgIpc) is 2.82. The van der Waals surface area contributed by atoms with E-state index in [-0.39, 0.29) is 12.6 Å². The van der Waals surface area contributed by atoms with Gasteiger partial charge in [0.2, 0.25) is 0 Å². The highest BCUT2D eigenvalue weighted by atomic mass is 16.5. The maximum absolute atomic E-state index is 9.48. The minimum atomic E-state index is -0.190. The van der Waals surface area contributed by atoms with Crippen LogP contribution in [0.1, 0.15) is 11.7 Å². The maximum Gasteiger partial charge on any atom is 0.120 e. The molecule has 1 unspecified atom stereocenters. The molecule has 2 N–H and O–H groups in total. The van der Waals surface area contributed by atoms with Crippen LogP contribution in [0.3, 0.4) is 0 Å². The van der Waals surface area contributed by atoms with Crippen LogP contribution in [0.2, 0.25) is 0 Å². The predicted molar refractivity (Wildman–Crippen MR) is 69.7 cm³/mol. The Morgan fingerprint density at radius 2 is 2.33 bits per heavy atom. The standard InChI is InChI=1S/C13H17N3O2/c1-16-9-14-7-13(16)12(8-17)15-10-4-3-5-11(6-10)18-2/h3-7,9,12,15,17H,8H2,1-2H3. The molecule has 5 heteroatoms. The van der Waals surface area contributed by atoms with Crippen molar-refractivity contribution in [2.45, 2.75) is 6.04 Å². The number of hydrogen-bond donors (Lipinski definition) is 2. The van der Waals surface area contributed by atoms with E-state index >= 15 is 0 Å². The van der Waals surface area contributed by atoms with E-state index in [4.69, 9.17) is 4.74 Å². The number of imidazole rings is 1. The van der Waals surface area contributed by atoms with Gasteiger partial charge in [-0.25, -0.2) is 4.98 Å². The van der Waals surface area contributed by atoms with Gasteiger partial charge in [-0.15, -0.1) is 0 Å². The number of benzene rings is 1. The van der Waals surface area contributed by atoms with E-state index in [1.807, 2.05) is 35.9 Å². The summed E-state index contributed by atoms with van der Waals surface area (Å²) < 4.78 is 7.05. The molecule has 2 aromatic rings. The Morgan fingerprint density at radius 3 is 2.94 bits per heavy atom. The van der Waals surface area contributed by atoms with Crippen molar-refractivity contribution in [2.75, 3.05) is 19.0 Å². The van der Waals surface area contributed by atoms with E-state index in [1.54, 1.807) is 19.6 Å². The minimum absolute atomic E-state index is 0.00323. The summed E-state index contributed by atoms with van der Waals surface area (Å²) in [6.07, 6.45) is 3.46. The Hall–Kier alpha value is -2.01. The molecule has 96 valence electrons. The zero-order valence-corrected chi connectivity index (χ0v) is 10.5. The molecule has 0 aliphatic rings. The molecule has 0 bridgehead atoms. The summed E-state index contributed by atoms with van der Waals surface area (Å²) in [6.45, 7) is -0.00323. The van der Waals surface area contributed by atoms with Crippen molar-refractivity contribution in [2.24, 2.45) is 7.05 Å². The molecular weight excluding hydrogens is 230 g/mol. The summed E-state index contributed by atoms with van der Waals surface area (Å²) in [5, 5.41) is 12.7. The van der Waals surface area contributed by atoms with Crippen molar-refractivity contribution in [1.82, 2.24) is 9.55 Å². The maximum atomic E-state index is 9.48. The van der Waals surface area contributed by atoms with Gasteiger partial charge in [-0.1, -0.05) is 6.07 Å². The minimum Gasteiger partial charge on any atom is -0.497 e. The molecular formula is C13H17N3O2. The zero-order chi connectivity index (χ0) is 13.0. The Balaban J connectivity index is 2.18. The number of hydrogen-bond acceptors (Lipinski definition) is 4. The number of rotatable bonds is 5. The molecule has 5 nitrogen and oxygen atoms in total. The third-order valence-corrected chi connectivity index (χ3v) is 2.80. The van der Waals surface area contributed by atoms with Gasteiger partial charge in [0.25, 0.3) is 0 Å². The number of nitrogens with zero attached hydrogens (tertiary/aromatic N) is 2. The largest absolute Gasteiger partial charge is 0.497 e. The Morgan fingerprint density at radius 1 is 1.50 bits per heavy atom. The number of methoxy groups -OCH3 is 1. The third kappa shape index (κ3) is 2.62. The average molecular weight is 247 g/mol. The van der Waals surface area contributed by atoms with Crippen molar-refractivity contribution in [3.05, 3.63) is 42.5 Å². The van der Waals surface area contributed by atoms with E-state index in [0.717, 1.165) is 17.1 Å². The van der Waals surface area contributed by atoms with Gasteiger partial charge in [0, 0.05) is 18.8 Å². The van der Waals surface area contributed by atoms with Crippen LogP contribution in [0.25, 0.3) is 0 Å². The number of aliphatic hydroxyl groups is 1. The monoisotopic (exact) mass is 247 g/mol. The van der Waals surface area contributed by atoms with Crippen molar-refractivity contribution in [3.8, 4) is 5.75 Å². The van der Waals surface area contributed by atoms with Crippen LogP contribution in [-0.4, -0.2) is 28.4 Å². The van der Waals surface area contributed by atoms with E-state index in [1.165, 1.54) is 0 Å². The van der Waals surface area contributed by atoms with Crippen molar-refractivity contribution >= 4 is 5.69 Å². The lowest BCUT2D eigenvalue weighted by atomic mass is 10.2. The number of aliphatic hydroxyl groups excluding tert-OH is 1. The molecule has 18 heavy (non-hydrogen) atoms. The van der Waals surface area contributed by atoms with Gasteiger partial charge in [0.05, 0.1) is 38.0 Å². The van der Waals surface area contributed by atoms with E-state index in [0.29, 0.717) is 0 Å². The highest BCUT2D eigenvalue weighted by molar-refractivity contribution is 5.49.